The van der Waals surface area contributed by atoms with Crippen LogP contribution in [0.5, 0.6) is 0 Å². The van der Waals surface area contributed by atoms with Crippen molar-refractivity contribution in [1.82, 2.24) is 15.6 Å². The van der Waals surface area contributed by atoms with Crippen LogP contribution >= 0.6 is 0 Å². The summed E-state index contributed by atoms with van der Waals surface area (Å²) in [4.78, 5) is 26.6. The van der Waals surface area contributed by atoms with Gasteiger partial charge >= 0.3 is 0 Å². The number of hydrogen-bond acceptors (Lipinski definition) is 4. The van der Waals surface area contributed by atoms with Crippen LogP contribution in [0.3, 0.4) is 0 Å². The van der Waals surface area contributed by atoms with E-state index in [1.54, 1.807) is 0 Å². The zero-order valence-electron chi connectivity index (χ0n) is 10.9. The van der Waals surface area contributed by atoms with Gasteiger partial charge in [0.2, 0.25) is 5.91 Å². The van der Waals surface area contributed by atoms with E-state index in [2.05, 4.69) is 20.9 Å². The van der Waals surface area contributed by atoms with Crippen LogP contribution in [0.4, 0.5) is 10.2 Å². The topological polar surface area (TPSA) is 83.1 Å². The van der Waals surface area contributed by atoms with E-state index < -0.39 is 11.7 Å². The first-order chi connectivity index (χ1) is 9.10. The first-order valence-electron chi connectivity index (χ1n) is 5.97. The van der Waals surface area contributed by atoms with E-state index in [9.17, 15) is 14.0 Å². The molecule has 0 aliphatic heterocycles. The van der Waals surface area contributed by atoms with Gasteiger partial charge in [-0.3, -0.25) is 9.59 Å². The molecule has 0 fully saturated rings. The molecule has 0 atom stereocenters. The normalized spacial score (nSPS) is 9.84. The molecule has 2 amide bonds. The van der Waals surface area contributed by atoms with Crippen LogP contribution < -0.4 is 16.0 Å². The van der Waals surface area contributed by atoms with Gasteiger partial charge in [-0.25, -0.2) is 9.37 Å². The summed E-state index contributed by atoms with van der Waals surface area (Å²) in [7, 11) is 1.52. The average molecular weight is 268 g/mol. The van der Waals surface area contributed by atoms with E-state index in [1.165, 1.54) is 19.3 Å². The Balaban J connectivity index is 2.57. The van der Waals surface area contributed by atoms with E-state index in [1.807, 2.05) is 6.92 Å². The van der Waals surface area contributed by atoms with Crippen LogP contribution in [0.15, 0.2) is 12.3 Å². The lowest BCUT2D eigenvalue weighted by Crippen LogP contribution is -2.31. The van der Waals surface area contributed by atoms with Crippen LogP contribution in [0.1, 0.15) is 23.7 Å². The Morgan fingerprint density at radius 3 is 2.74 bits per heavy atom. The molecule has 0 aromatic carbocycles. The third-order valence-corrected chi connectivity index (χ3v) is 2.38. The summed E-state index contributed by atoms with van der Waals surface area (Å²) in [6, 6.07) is 1.29. The smallest absolute Gasteiger partial charge is 0.254 e. The highest BCUT2D eigenvalue weighted by molar-refractivity contribution is 5.95. The number of hydrogen-bond donors (Lipinski definition) is 3. The monoisotopic (exact) mass is 268 g/mol. The molecular weight excluding hydrogens is 251 g/mol. The molecule has 0 bridgehead atoms. The zero-order chi connectivity index (χ0) is 14.3. The highest BCUT2D eigenvalue weighted by atomic mass is 19.1. The van der Waals surface area contributed by atoms with Crippen LogP contribution in [0.25, 0.3) is 0 Å². The highest BCUT2D eigenvalue weighted by Crippen LogP contribution is 2.13. The third-order valence-electron chi connectivity index (χ3n) is 2.38. The second-order valence-electron chi connectivity index (χ2n) is 3.73. The number of carbonyl (C=O) groups excluding carboxylic acids is 2. The van der Waals surface area contributed by atoms with Crippen molar-refractivity contribution in [2.75, 3.05) is 25.5 Å². The molecule has 1 rings (SSSR count). The molecule has 19 heavy (non-hydrogen) atoms. The number of nitrogens with one attached hydrogen (secondary N) is 3. The Morgan fingerprint density at radius 2 is 2.11 bits per heavy atom. The summed E-state index contributed by atoms with van der Waals surface area (Å²) in [5.74, 6) is -1.42. The molecule has 0 unspecified atom stereocenters. The van der Waals surface area contributed by atoms with E-state index in [-0.39, 0.29) is 30.3 Å². The summed E-state index contributed by atoms with van der Waals surface area (Å²) in [6.45, 7) is 2.50. The molecule has 0 spiro atoms. The van der Waals surface area contributed by atoms with Gasteiger partial charge in [0.1, 0.15) is 0 Å². The number of pyridine rings is 1. The minimum Gasteiger partial charge on any atom is -0.371 e. The lowest BCUT2D eigenvalue weighted by atomic mass is 10.2. The lowest BCUT2D eigenvalue weighted by Gasteiger charge is -2.08. The summed E-state index contributed by atoms with van der Waals surface area (Å²) >= 11 is 0. The van der Waals surface area contributed by atoms with E-state index in [0.29, 0.717) is 6.54 Å². The number of anilines is 1. The first kappa shape index (κ1) is 14.9. The van der Waals surface area contributed by atoms with Gasteiger partial charge in [0.05, 0.1) is 5.56 Å². The minimum atomic E-state index is -0.708. The molecule has 0 saturated heterocycles. The van der Waals surface area contributed by atoms with Crippen molar-refractivity contribution in [1.29, 1.82) is 0 Å². The van der Waals surface area contributed by atoms with E-state index in [0.717, 1.165) is 0 Å². The second-order valence-corrected chi connectivity index (χ2v) is 3.73. The Kier molecular flexibility index (Phi) is 5.72. The van der Waals surface area contributed by atoms with Gasteiger partial charge in [0.15, 0.2) is 11.6 Å². The summed E-state index contributed by atoms with van der Waals surface area (Å²) in [5.41, 5.74) is -0.102. The average Bonchev–Trinajstić information content (AvgIpc) is 2.39. The summed E-state index contributed by atoms with van der Waals surface area (Å²) in [5, 5.41) is 7.64. The van der Waals surface area contributed by atoms with Crippen molar-refractivity contribution in [2.45, 2.75) is 13.3 Å². The van der Waals surface area contributed by atoms with Gasteiger partial charge in [-0.2, -0.15) is 0 Å². The predicted molar refractivity (Wildman–Crippen MR) is 69.4 cm³/mol. The SMILES string of the molecule is CCNC(=O)CCNC(=O)c1ccnc(NC)c1F. The molecular formula is C12H17FN4O2. The van der Waals surface area contributed by atoms with Gasteiger partial charge < -0.3 is 16.0 Å². The molecule has 0 aliphatic rings. The van der Waals surface area contributed by atoms with E-state index in [4.69, 9.17) is 0 Å². The fourth-order valence-corrected chi connectivity index (χ4v) is 1.46. The van der Waals surface area contributed by atoms with Crippen LogP contribution in [-0.4, -0.2) is 36.9 Å². The number of aromatic nitrogens is 1. The molecule has 0 saturated carbocycles. The zero-order valence-corrected chi connectivity index (χ0v) is 10.9. The molecule has 0 radical (unpaired) electrons. The van der Waals surface area contributed by atoms with Crippen molar-refractivity contribution in [3.8, 4) is 0 Å². The van der Waals surface area contributed by atoms with Crippen molar-refractivity contribution in [2.24, 2.45) is 0 Å². The van der Waals surface area contributed by atoms with Crippen molar-refractivity contribution < 1.29 is 14.0 Å². The lowest BCUT2D eigenvalue weighted by molar-refractivity contribution is -0.120. The second kappa shape index (κ2) is 7.30. The van der Waals surface area contributed by atoms with Crippen molar-refractivity contribution in [3.05, 3.63) is 23.6 Å². The van der Waals surface area contributed by atoms with Gasteiger partial charge in [-0.05, 0) is 13.0 Å². The Labute approximate surface area is 110 Å². The summed E-state index contributed by atoms with van der Waals surface area (Å²) < 4.78 is 13.8. The maximum absolute atomic E-state index is 13.8. The molecule has 7 heteroatoms. The van der Waals surface area contributed by atoms with Crippen LogP contribution in [0, 0.1) is 5.82 Å². The Bertz CT molecular complexity index is 465. The fourth-order valence-electron chi connectivity index (χ4n) is 1.46. The number of carbonyl (C=O) groups is 2. The Hall–Kier alpha value is -2.18. The molecule has 0 aliphatic carbocycles. The minimum absolute atomic E-state index is 0.0105. The number of halogens is 1. The molecule has 104 valence electrons. The number of amides is 2. The predicted octanol–water partition coefficient (Wildman–Crippen LogP) is 0.518. The van der Waals surface area contributed by atoms with Gasteiger partial charge in [-0.1, -0.05) is 0 Å². The standard InChI is InChI=1S/C12H17FN4O2/c1-3-15-9(18)5-7-17-12(19)8-4-6-16-11(14-2)10(8)13/h4,6H,3,5,7H2,1-2H3,(H,14,16)(H,15,18)(H,17,19). The first-order valence-corrected chi connectivity index (χ1v) is 5.97. The van der Waals surface area contributed by atoms with Gasteiger partial charge in [0, 0.05) is 32.8 Å². The number of rotatable bonds is 6. The largest absolute Gasteiger partial charge is 0.371 e. The maximum atomic E-state index is 13.8. The van der Waals surface area contributed by atoms with Crippen molar-refractivity contribution in [3.63, 3.8) is 0 Å². The van der Waals surface area contributed by atoms with Crippen LogP contribution in [-0.2, 0) is 4.79 Å². The third kappa shape index (κ3) is 4.20. The van der Waals surface area contributed by atoms with Crippen molar-refractivity contribution >= 4 is 17.6 Å². The van der Waals surface area contributed by atoms with Crippen LogP contribution in [0.2, 0.25) is 0 Å². The van der Waals surface area contributed by atoms with Gasteiger partial charge in [0.25, 0.3) is 5.91 Å². The van der Waals surface area contributed by atoms with Gasteiger partial charge in [-0.15, -0.1) is 0 Å². The number of nitrogens with zero attached hydrogens (tertiary/aromatic N) is 1. The maximum Gasteiger partial charge on any atom is 0.254 e. The highest BCUT2D eigenvalue weighted by Gasteiger charge is 2.15. The fraction of sp³-hybridized carbons (Fsp3) is 0.417. The summed E-state index contributed by atoms with van der Waals surface area (Å²) in [6.07, 6.45) is 1.50. The van der Waals surface area contributed by atoms with E-state index >= 15 is 0 Å². The molecule has 1 aromatic rings. The molecule has 1 aromatic heterocycles. The molecule has 3 N–H and O–H groups in total. The Morgan fingerprint density at radius 1 is 1.37 bits per heavy atom. The quantitative estimate of drug-likeness (QED) is 0.702. The molecule has 1 heterocycles. The molecule has 6 nitrogen and oxygen atoms in total.